The van der Waals surface area contributed by atoms with Crippen molar-refractivity contribution in [2.75, 3.05) is 12.8 Å². The minimum atomic E-state index is -0.892. The van der Waals surface area contributed by atoms with Crippen molar-refractivity contribution in [3.05, 3.63) is 0 Å². The van der Waals surface area contributed by atoms with Crippen LogP contribution < -0.4 is 16.0 Å². The van der Waals surface area contributed by atoms with E-state index in [9.17, 15) is 19.2 Å². The second-order valence-electron chi connectivity index (χ2n) is 11.1. The van der Waals surface area contributed by atoms with Gasteiger partial charge in [-0.3, -0.25) is 19.7 Å². The fourth-order valence-electron chi connectivity index (χ4n) is 6.08. The van der Waals surface area contributed by atoms with Gasteiger partial charge in [-0.05, 0) is 70.0 Å². The van der Waals surface area contributed by atoms with Crippen LogP contribution in [0.15, 0.2) is 0 Å². The topological polar surface area (TPSA) is 128 Å². The van der Waals surface area contributed by atoms with Crippen molar-refractivity contribution < 1.29 is 24.3 Å². The van der Waals surface area contributed by atoms with Crippen molar-refractivity contribution in [2.24, 2.45) is 5.92 Å². The summed E-state index contributed by atoms with van der Waals surface area (Å²) in [6.07, 6.45) is 12.8. The Morgan fingerprint density at radius 2 is 1.57 bits per heavy atom. The summed E-state index contributed by atoms with van der Waals surface area (Å²) < 4.78 is 0. The molecule has 2 saturated carbocycles. The first kappa shape index (κ1) is 29.7. The van der Waals surface area contributed by atoms with E-state index in [0.717, 1.165) is 44.9 Å². The number of aliphatic carboxylic acids is 1. The van der Waals surface area contributed by atoms with E-state index in [4.69, 9.17) is 5.11 Å². The van der Waals surface area contributed by atoms with Crippen LogP contribution in [0.2, 0.25) is 0 Å². The second-order valence-corrected chi connectivity index (χ2v) is 12.1. The zero-order chi connectivity index (χ0) is 26.8. The Kier molecular flexibility index (Phi) is 12.0. The number of carbonyl (C=O) groups excluding carboxylic acids is 3. The molecule has 4 N–H and O–H groups in total. The maximum absolute atomic E-state index is 12.9. The van der Waals surface area contributed by atoms with Crippen LogP contribution in [-0.4, -0.2) is 76.0 Å². The molecular formula is C27H46N4O5S. The standard InChI is InChI=1S/C27H46N4O5S/c1-18-7-3-4-9-22(18)30-27(36)29-20-12-10-19(11-13-20)28-26(37-2)23(32)14-15-24(33)31-16-6-5-8-21(31)17-25(34)35/h18-22,26,28H,3-17H2,1-2H3,(H,34,35)(H2,29,30,36). The highest BCUT2D eigenvalue weighted by Crippen LogP contribution is 2.25. The van der Waals surface area contributed by atoms with E-state index in [1.165, 1.54) is 31.0 Å². The molecule has 37 heavy (non-hydrogen) atoms. The van der Waals surface area contributed by atoms with Gasteiger partial charge in [0.2, 0.25) is 5.91 Å². The Bertz CT molecular complexity index is 789. The lowest BCUT2D eigenvalue weighted by atomic mass is 9.86. The number of carbonyl (C=O) groups is 4. The fourth-order valence-corrected chi connectivity index (χ4v) is 6.79. The molecule has 0 aromatic carbocycles. The number of piperidine rings is 1. The Balaban J connectivity index is 1.37. The van der Waals surface area contributed by atoms with Gasteiger partial charge in [-0.25, -0.2) is 4.79 Å². The third-order valence-corrected chi connectivity index (χ3v) is 9.22. The molecule has 4 unspecified atom stereocenters. The van der Waals surface area contributed by atoms with Gasteiger partial charge in [-0.15, -0.1) is 11.8 Å². The predicted octanol–water partition coefficient (Wildman–Crippen LogP) is 3.66. The van der Waals surface area contributed by atoms with Crippen molar-refractivity contribution in [3.8, 4) is 0 Å². The first-order valence-corrected chi connectivity index (χ1v) is 15.5. The number of carboxylic acid groups (broad SMARTS) is 1. The van der Waals surface area contributed by atoms with Crippen LogP contribution in [0.5, 0.6) is 0 Å². The number of carboxylic acids is 1. The summed E-state index contributed by atoms with van der Waals surface area (Å²) >= 11 is 1.46. The van der Waals surface area contributed by atoms with Gasteiger partial charge >= 0.3 is 12.0 Å². The third-order valence-electron chi connectivity index (χ3n) is 8.35. The highest BCUT2D eigenvalue weighted by molar-refractivity contribution is 7.99. The normalized spacial score (nSPS) is 29.2. The Morgan fingerprint density at radius 3 is 2.24 bits per heavy atom. The van der Waals surface area contributed by atoms with Gasteiger partial charge in [0.05, 0.1) is 6.42 Å². The number of thioether (sulfide) groups is 1. The molecule has 1 saturated heterocycles. The zero-order valence-electron chi connectivity index (χ0n) is 22.5. The molecule has 3 aliphatic rings. The predicted molar refractivity (Wildman–Crippen MR) is 145 cm³/mol. The molecule has 4 atom stereocenters. The second kappa shape index (κ2) is 15.0. The van der Waals surface area contributed by atoms with E-state index >= 15 is 0 Å². The van der Waals surface area contributed by atoms with Crippen molar-refractivity contribution >= 4 is 35.5 Å². The van der Waals surface area contributed by atoms with Crippen molar-refractivity contribution in [1.82, 2.24) is 20.9 Å². The molecule has 0 aromatic heterocycles. The third kappa shape index (κ3) is 9.46. The fraction of sp³-hybridized carbons (Fsp3) is 0.852. The van der Waals surface area contributed by atoms with Gasteiger partial charge in [0.15, 0.2) is 5.78 Å². The molecule has 10 heteroatoms. The lowest BCUT2D eigenvalue weighted by molar-refractivity contribution is -0.142. The summed E-state index contributed by atoms with van der Waals surface area (Å²) in [4.78, 5) is 51.0. The monoisotopic (exact) mass is 538 g/mol. The summed E-state index contributed by atoms with van der Waals surface area (Å²) in [6.45, 7) is 2.79. The average Bonchev–Trinajstić information content (AvgIpc) is 2.88. The Hall–Kier alpha value is -1.81. The van der Waals surface area contributed by atoms with Gasteiger partial charge in [0.1, 0.15) is 5.37 Å². The molecule has 1 heterocycles. The largest absolute Gasteiger partial charge is 0.481 e. The molecule has 0 bridgehead atoms. The van der Waals surface area contributed by atoms with Crippen molar-refractivity contribution in [1.29, 1.82) is 0 Å². The lowest BCUT2D eigenvalue weighted by Gasteiger charge is -2.35. The first-order chi connectivity index (χ1) is 17.8. The quantitative estimate of drug-likeness (QED) is 0.296. The van der Waals surface area contributed by atoms with E-state index < -0.39 is 5.97 Å². The maximum atomic E-state index is 12.9. The van der Waals surface area contributed by atoms with Crippen LogP contribution in [0.4, 0.5) is 4.79 Å². The number of nitrogens with zero attached hydrogens (tertiary/aromatic N) is 1. The first-order valence-electron chi connectivity index (χ1n) is 14.2. The number of rotatable bonds is 11. The summed E-state index contributed by atoms with van der Waals surface area (Å²) in [5, 5.41) is 18.6. The van der Waals surface area contributed by atoms with E-state index in [0.29, 0.717) is 18.9 Å². The molecule has 0 radical (unpaired) electrons. The van der Waals surface area contributed by atoms with Gasteiger partial charge < -0.3 is 20.6 Å². The number of ketones is 1. The Labute approximate surface area is 225 Å². The molecule has 0 spiro atoms. The smallest absolute Gasteiger partial charge is 0.315 e. The highest BCUT2D eigenvalue weighted by atomic mass is 32.2. The number of likely N-dealkylation sites (tertiary alicyclic amines) is 1. The van der Waals surface area contributed by atoms with E-state index in [1.807, 2.05) is 6.26 Å². The summed E-state index contributed by atoms with van der Waals surface area (Å²) in [7, 11) is 0. The van der Waals surface area contributed by atoms with E-state index in [2.05, 4.69) is 22.9 Å². The number of urea groups is 1. The molecule has 3 rings (SSSR count). The Morgan fingerprint density at radius 1 is 0.892 bits per heavy atom. The molecule has 210 valence electrons. The van der Waals surface area contributed by atoms with Gasteiger partial charge in [-0.2, -0.15) is 0 Å². The number of nitrogens with one attached hydrogen (secondary N) is 3. The summed E-state index contributed by atoms with van der Waals surface area (Å²) in [5.74, 6) is -0.473. The van der Waals surface area contributed by atoms with Crippen LogP contribution in [0.25, 0.3) is 0 Å². The van der Waals surface area contributed by atoms with Crippen LogP contribution in [0.1, 0.15) is 96.8 Å². The minimum absolute atomic E-state index is 0.00821. The SMILES string of the molecule is CSC(NC1CCC(NC(=O)NC2CCCCC2C)CC1)C(=O)CCC(=O)N1CCCCC1CC(=O)O. The van der Waals surface area contributed by atoms with Crippen molar-refractivity contribution in [3.63, 3.8) is 0 Å². The minimum Gasteiger partial charge on any atom is -0.481 e. The maximum Gasteiger partial charge on any atom is 0.315 e. The number of hydrogen-bond acceptors (Lipinski definition) is 6. The molecule has 9 nitrogen and oxygen atoms in total. The lowest BCUT2D eigenvalue weighted by Crippen LogP contribution is -2.51. The summed E-state index contributed by atoms with van der Waals surface area (Å²) in [6, 6.07) is 0.307. The zero-order valence-corrected chi connectivity index (χ0v) is 23.3. The van der Waals surface area contributed by atoms with Gasteiger partial charge in [0, 0.05) is 43.6 Å². The van der Waals surface area contributed by atoms with Gasteiger partial charge in [-0.1, -0.05) is 19.8 Å². The highest BCUT2D eigenvalue weighted by Gasteiger charge is 2.31. The summed E-state index contributed by atoms with van der Waals surface area (Å²) in [5.41, 5.74) is 0. The van der Waals surface area contributed by atoms with Crippen LogP contribution >= 0.6 is 11.8 Å². The van der Waals surface area contributed by atoms with E-state index in [-0.39, 0.29) is 66.5 Å². The molecule has 1 aliphatic heterocycles. The molecule has 3 fully saturated rings. The van der Waals surface area contributed by atoms with Crippen LogP contribution in [-0.2, 0) is 14.4 Å². The number of hydrogen-bond donors (Lipinski definition) is 4. The van der Waals surface area contributed by atoms with Crippen LogP contribution in [0, 0.1) is 5.92 Å². The number of Topliss-reactive ketones (excluding diaryl/α,β-unsaturated/α-hetero) is 1. The average molecular weight is 539 g/mol. The number of amides is 3. The van der Waals surface area contributed by atoms with Gasteiger partial charge in [0.25, 0.3) is 0 Å². The molecule has 0 aromatic rings. The van der Waals surface area contributed by atoms with E-state index in [1.54, 1.807) is 4.90 Å². The molecule has 2 aliphatic carbocycles. The van der Waals surface area contributed by atoms with Crippen molar-refractivity contribution in [2.45, 2.75) is 126 Å². The van der Waals surface area contributed by atoms with Crippen LogP contribution in [0.3, 0.4) is 0 Å². The molecular weight excluding hydrogens is 492 g/mol. The molecule has 3 amide bonds.